The van der Waals surface area contributed by atoms with Crippen LogP contribution in [0.2, 0.25) is 0 Å². The Bertz CT molecular complexity index is 3440. The van der Waals surface area contributed by atoms with Gasteiger partial charge < -0.3 is 14.7 Å². The van der Waals surface area contributed by atoms with Gasteiger partial charge in [-0.15, -0.1) is 0 Å². The van der Waals surface area contributed by atoms with Gasteiger partial charge in [-0.25, -0.2) is 0 Å². The molecular formula is C69H53N3. The summed E-state index contributed by atoms with van der Waals surface area (Å²) in [5.74, 6) is 0. The van der Waals surface area contributed by atoms with E-state index in [1.165, 1.54) is 140 Å². The second kappa shape index (κ2) is 16.6. The molecule has 0 unspecified atom stereocenters. The smallest absolute Gasteiger partial charge is 0.0453 e. The minimum Gasteiger partial charge on any atom is -0.368 e. The fraction of sp³-hybridized carbons (Fsp3) is 0.130. The first-order chi connectivity index (χ1) is 35.7. The predicted molar refractivity (Wildman–Crippen MR) is 300 cm³/mol. The number of nitrogens with zero attached hydrogens (tertiary/aromatic N) is 3. The molecule has 0 aromatic heterocycles. The molecule has 10 aromatic carbocycles. The Labute approximate surface area is 422 Å². The van der Waals surface area contributed by atoms with Gasteiger partial charge in [0.05, 0.1) is 0 Å². The van der Waals surface area contributed by atoms with Crippen molar-refractivity contribution in [2.45, 2.75) is 32.1 Å². The van der Waals surface area contributed by atoms with Crippen LogP contribution < -0.4 is 14.7 Å². The number of fused-ring (bicyclic) bond motifs is 15. The van der Waals surface area contributed by atoms with Crippen LogP contribution in [-0.2, 0) is 32.1 Å². The van der Waals surface area contributed by atoms with Crippen LogP contribution in [0.3, 0.4) is 0 Å². The molecule has 5 aliphatic carbocycles. The monoisotopic (exact) mass is 923 g/mol. The highest BCUT2D eigenvalue weighted by Crippen LogP contribution is 2.50. The molecule has 0 amide bonds. The van der Waals surface area contributed by atoms with Crippen molar-refractivity contribution in [3.63, 3.8) is 0 Å². The molecule has 0 atom stereocenters. The van der Waals surface area contributed by atoms with E-state index >= 15 is 0 Å². The minimum atomic E-state index is 0.822. The van der Waals surface area contributed by atoms with Crippen LogP contribution in [0.4, 0.5) is 28.4 Å². The van der Waals surface area contributed by atoms with Crippen LogP contribution in [-0.4, -0.2) is 26.2 Å². The first-order valence-electron chi connectivity index (χ1n) is 26.0. The third kappa shape index (κ3) is 6.50. The highest BCUT2D eigenvalue weighted by atomic mass is 15.2. The quantitative estimate of drug-likeness (QED) is 0.128. The molecule has 0 saturated carbocycles. The van der Waals surface area contributed by atoms with Gasteiger partial charge in [0.25, 0.3) is 0 Å². The normalized spacial score (nSPS) is 13.2. The van der Waals surface area contributed by atoms with E-state index in [9.17, 15) is 0 Å². The van der Waals surface area contributed by atoms with Crippen molar-refractivity contribution in [2.24, 2.45) is 0 Å². The SMILES string of the molecule is c1ccc2c(c1)Cc1c-2cccc1N(CCN(c1cccc2c1Cc1ccccc1-2)c1cccc2c1Cc1ccccc1-2)CCN(c1cccc2c1Cc1ccccc1-2)c1cccc2c1Cc1ccccc1-2. The maximum Gasteiger partial charge on any atom is 0.0453 e. The zero-order chi connectivity index (χ0) is 47.3. The van der Waals surface area contributed by atoms with Gasteiger partial charge >= 0.3 is 0 Å². The summed E-state index contributed by atoms with van der Waals surface area (Å²) in [6, 6.07) is 80.5. The number of hydrogen-bond acceptors (Lipinski definition) is 3. The van der Waals surface area contributed by atoms with Crippen molar-refractivity contribution in [1.29, 1.82) is 0 Å². The molecule has 10 aromatic rings. The zero-order valence-electron chi connectivity index (χ0n) is 40.4. The Kier molecular flexibility index (Phi) is 9.55. The molecule has 15 rings (SSSR count). The van der Waals surface area contributed by atoms with Gasteiger partial charge in [0, 0.05) is 86.7 Å². The molecular weight excluding hydrogens is 871 g/mol. The summed E-state index contributed by atoms with van der Waals surface area (Å²) in [7, 11) is 0. The summed E-state index contributed by atoms with van der Waals surface area (Å²) < 4.78 is 0. The molecule has 5 aliphatic rings. The molecule has 0 heterocycles. The zero-order valence-corrected chi connectivity index (χ0v) is 40.4. The Morgan fingerprint density at radius 3 is 0.708 bits per heavy atom. The maximum atomic E-state index is 2.76. The molecule has 72 heavy (non-hydrogen) atoms. The standard InChI is InChI=1S/C69H53N3/c1-6-21-50-45(16-1)40-60-55(50)26-11-31-65(60)70(36-38-71(66-32-12-27-56-51-22-7-2-17-46(51)41-61(56)66)67-33-13-28-57-52-23-8-3-18-47(52)42-62(57)67)37-39-72(68-34-14-29-58-53-24-9-4-19-48(53)43-63(58)68)69-35-15-30-59-54-25-10-5-20-49(54)44-64(59)69/h1-35H,36-44H2. The lowest BCUT2D eigenvalue weighted by Gasteiger charge is -2.36. The topological polar surface area (TPSA) is 9.72 Å². The summed E-state index contributed by atoms with van der Waals surface area (Å²) in [5, 5.41) is 0. The summed E-state index contributed by atoms with van der Waals surface area (Å²) in [6.45, 7) is 3.32. The molecule has 0 spiro atoms. The van der Waals surface area contributed by atoms with Gasteiger partial charge in [-0.05, 0) is 142 Å². The average Bonchev–Trinajstić information content (AvgIpc) is 4.27. The van der Waals surface area contributed by atoms with Crippen molar-refractivity contribution in [2.75, 3.05) is 40.9 Å². The summed E-state index contributed by atoms with van der Waals surface area (Å²) in [5.41, 5.74) is 34.5. The van der Waals surface area contributed by atoms with Crippen molar-refractivity contribution in [1.82, 2.24) is 0 Å². The Balaban J connectivity index is 0.867. The van der Waals surface area contributed by atoms with E-state index in [-0.39, 0.29) is 0 Å². The van der Waals surface area contributed by atoms with E-state index in [0.717, 1.165) is 58.3 Å². The lowest BCUT2D eigenvalue weighted by atomic mass is 10.0. The minimum absolute atomic E-state index is 0.822. The highest BCUT2D eigenvalue weighted by molar-refractivity contribution is 5.91. The predicted octanol–water partition coefficient (Wildman–Crippen LogP) is 16.0. The van der Waals surface area contributed by atoms with Crippen molar-refractivity contribution >= 4 is 28.4 Å². The number of rotatable bonds is 11. The fourth-order valence-corrected chi connectivity index (χ4v) is 13.5. The van der Waals surface area contributed by atoms with E-state index in [2.05, 4.69) is 227 Å². The van der Waals surface area contributed by atoms with E-state index in [4.69, 9.17) is 0 Å². The van der Waals surface area contributed by atoms with Crippen LogP contribution in [0, 0.1) is 0 Å². The van der Waals surface area contributed by atoms with Crippen LogP contribution in [0.5, 0.6) is 0 Å². The van der Waals surface area contributed by atoms with E-state index in [1.54, 1.807) is 0 Å². The van der Waals surface area contributed by atoms with Crippen LogP contribution in [0.25, 0.3) is 55.6 Å². The lowest BCUT2D eigenvalue weighted by molar-refractivity contribution is 0.756. The van der Waals surface area contributed by atoms with Crippen molar-refractivity contribution < 1.29 is 0 Å². The molecule has 3 heteroatoms. The van der Waals surface area contributed by atoms with Crippen LogP contribution >= 0.6 is 0 Å². The van der Waals surface area contributed by atoms with Crippen LogP contribution in [0.1, 0.15) is 55.6 Å². The van der Waals surface area contributed by atoms with Crippen LogP contribution in [0.15, 0.2) is 212 Å². The molecule has 0 aliphatic heterocycles. The van der Waals surface area contributed by atoms with E-state index in [0.29, 0.717) is 0 Å². The Morgan fingerprint density at radius 1 is 0.208 bits per heavy atom. The third-order valence-corrected chi connectivity index (χ3v) is 16.8. The number of hydrogen-bond donors (Lipinski definition) is 0. The molecule has 3 nitrogen and oxygen atoms in total. The third-order valence-electron chi connectivity index (χ3n) is 16.8. The largest absolute Gasteiger partial charge is 0.368 e. The summed E-state index contributed by atoms with van der Waals surface area (Å²) >= 11 is 0. The van der Waals surface area contributed by atoms with Crippen molar-refractivity contribution in [3.05, 3.63) is 268 Å². The van der Waals surface area contributed by atoms with E-state index < -0.39 is 0 Å². The molecule has 0 N–H and O–H groups in total. The molecule has 0 fully saturated rings. The number of anilines is 5. The van der Waals surface area contributed by atoms with Gasteiger partial charge in [0.1, 0.15) is 0 Å². The highest BCUT2D eigenvalue weighted by Gasteiger charge is 2.32. The Hall–Kier alpha value is -8.40. The average molecular weight is 924 g/mol. The second-order valence-corrected chi connectivity index (χ2v) is 20.5. The fourth-order valence-electron chi connectivity index (χ4n) is 13.5. The van der Waals surface area contributed by atoms with Gasteiger partial charge in [0.15, 0.2) is 0 Å². The first-order valence-corrected chi connectivity index (χ1v) is 26.0. The van der Waals surface area contributed by atoms with Gasteiger partial charge in [-0.2, -0.15) is 0 Å². The van der Waals surface area contributed by atoms with E-state index in [1.807, 2.05) is 0 Å². The van der Waals surface area contributed by atoms with Crippen molar-refractivity contribution in [3.8, 4) is 55.6 Å². The second-order valence-electron chi connectivity index (χ2n) is 20.5. The van der Waals surface area contributed by atoms with Gasteiger partial charge in [0.2, 0.25) is 0 Å². The van der Waals surface area contributed by atoms with Gasteiger partial charge in [-0.3, -0.25) is 0 Å². The number of benzene rings is 10. The summed E-state index contributed by atoms with van der Waals surface area (Å²) in [6.07, 6.45) is 4.69. The molecule has 0 saturated heterocycles. The maximum absolute atomic E-state index is 2.76. The molecule has 0 radical (unpaired) electrons. The molecule has 0 bridgehead atoms. The first kappa shape index (κ1) is 41.4. The Morgan fingerprint density at radius 2 is 0.431 bits per heavy atom. The lowest BCUT2D eigenvalue weighted by Crippen LogP contribution is -2.39. The van der Waals surface area contributed by atoms with Gasteiger partial charge in [-0.1, -0.05) is 182 Å². The molecule has 344 valence electrons. The summed E-state index contributed by atoms with van der Waals surface area (Å²) in [4.78, 5) is 8.18.